The number of carbonyl (C=O) groups is 4. The van der Waals surface area contributed by atoms with Gasteiger partial charge in [0, 0.05) is 6.42 Å². The number of nitrogens with one attached hydrogen (secondary N) is 1. The van der Waals surface area contributed by atoms with Gasteiger partial charge in [0.25, 0.3) is 5.91 Å². The van der Waals surface area contributed by atoms with Crippen molar-refractivity contribution in [3.05, 3.63) is 29.8 Å². The Balaban J connectivity index is 1.61. The van der Waals surface area contributed by atoms with Crippen molar-refractivity contribution in [1.29, 1.82) is 0 Å². The van der Waals surface area contributed by atoms with Crippen molar-refractivity contribution in [2.45, 2.75) is 63.1 Å². The smallest absolute Gasteiger partial charge is 0.305 e. The Morgan fingerprint density at radius 2 is 1.83 bits per heavy atom. The van der Waals surface area contributed by atoms with E-state index in [0.29, 0.717) is 36.9 Å². The van der Waals surface area contributed by atoms with Gasteiger partial charge in [-0.2, -0.15) is 0 Å². The molecule has 8 nitrogen and oxygen atoms in total. The highest BCUT2D eigenvalue weighted by Gasteiger charge is 2.53. The molecule has 1 atom stereocenters. The number of anilines is 1. The highest BCUT2D eigenvalue weighted by atomic mass is 16.4. The number of aliphatic carboxylic acids is 1. The number of carboxylic acids is 1. The minimum atomic E-state index is -0.949. The van der Waals surface area contributed by atoms with Crippen LogP contribution in [0.1, 0.15) is 62.2 Å². The fourth-order valence-corrected chi connectivity index (χ4v) is 5.11. The maximum absolute atomic E-state index is 13.2. The summed E-state index contributed by atoms with van der Waals surface area (Å²) in [6.07, 6.45) is 3.58. The molecule has 2 heterocycles. The Labute approximate surface area is 168 Å². The SMILES string of the molecule is CC12CCC(=O)N1c1ccccc1C(=O)N2CC(=O)NC1(CC(=O)O)CCCC1. The summed E-state index contributed by atoms with van der Waals surface area (Å²) in [5, 5.41) is 12.2. The number of fused-ring (bicyclic) bond motifs is 3. The van der Waals surface area contributed by atoms with Gasteiger partial charge in [0.15, 0.2) is 0 Å². The molecule has 2 aliphatic heterocycles. The number of carbonyl (C=O) groups excluding carboxylic acids is 3. The molecule has 4 rings (SSSR count). The summed E-state index contributed by atoms with van der Waals surface area (Å²) in [4.78, 5) is 53.1. The van der Waals surface area contributed by atoms with E-state index in [1.54, 1.807) is 29.2 Å². The summed E-state index contributed by atoms with van der Waals surface area (Å²) in [6.45, 7) is 1.59. The molecule has 154 valence electrons. The van der Waals surface area contributed by atoms with Crippen LogP contribution in [-0.2, 0) is 14.4 Å². The second kappa shape index (κ2) is 6.86. The number of nitrogens with zero attached hydrogens (tertiary/aromatic N) is 2. The molecule has 0 bridgehead atoms. The maximum atomic E-state index is 13.2. The van der Waals surface area contributed by atoms with Crippen LogP contribution in [0.5, 0.6) is 0 Å². The normalized spacial score (nSPS) is 25.0. The Kier molecular flexibility index (Phi) is 4.59. The van der Waals surface area contributed by atoms with Gasteiger partial charge in [-0.3, -0.25) is 24.1 Å². The third-order valence-electron chi connectivity index (χ3n) is 6.50. The van der Waals surface area contributed by atoms with Crippen molar-refractivity contribution in [2.75, 3.05) is 11.4 Å². The summed E-state index contributed by atoms with van der Waals surface area (Å²) < 4.78 is 0. The van der Waals surface area contributed by atoms with Crippen molar-refractivity contribution in [3.63, 3.8) is 0 Å². The van der Waals surface area contributed by atoms with Gasteiger partial charge in [-0.05, 0) is 38.3 Å². The van der Waals surface area contributed by atoms with Crippen LogP contribution in [0.3, 0.4) is 0 Å². The molecule has 0 aromatic heterocycles. The van der Waals surface area contributed by atoms with E-state index in [1.165, 1.54) is 4.90 Å². The minimum Gasteiger partial charge on any atom is -0.481 e. The molecule has 1 aromatic carbocycles. The Morgan fingerprint density at radius 3 is 2.52 bits per heavy atom. The largest absolute Gasteiger partial charge is 0.481 e. The lowest BCUT2D eigenvalue weighted by Gasteiger charge is -2.48. The average Bonchev–Trinajstić information content (AvgIpc) is 3.23. The fourth-order valence-electron chi connectivity index (χ4n) is 5.11. The molecule has 1 aromatic rings. The van der Waals surface area contributed by atoms with Crippen LogP contribution in [0.4, 0.5) is 5.69 Å². The lowest BCUT2D eigenvalue weighted by Crippen LogP contribution is -2.64. The molecule has 1 aliphatic carbocycles. The third-order valence-corrected chi connectivity index (χ3v) is 6.50. The molecular formula is C21H25N3O5. The highest BCUT2D eigenvalue weighted by molar-refractivity contribution is 6.11. The number of carboxylic acid groups (broad SMARTS) is 1. The summed E-state index contributed by atoms with van der Waals surface area (Å²) in [7, 11) is 0. The predicted octanol–water partition coefficient (Wildman–Crippen LogP) is 1.89. The van der Waals surface area contributed by atoms with Gasteiger partial charge in [-0.1, -0.05) is 25.0 Å². The maximum Gasteiger partial charge on any atom is 0.305 e. The van der Waals surface area contributed by atoms with Gasteiger partial charge in [-0.15, -0.1) is 0 Å². The fraction of sp³-hybridized carbons (Fsp3) is 0.524. The first kappa shape index (κ1) is 19.4. The molecule has 29 heavy (non-hydrogen) atoms. The van der Waals surface area contributed by atoms with Crippen molar-refractivity contribution in [2.24, 2.45) is 0 Å². The molecule has 3 amide bonds. The van der Waals surface area contributed by atoms with Crippen molar-refractivity contribution >= 4 is 29.4 Å². The van der Waals surface area contributed by atoms with E-state index in [1.807, 2.05) is 6.92 Å². The number of hydrogen-bond acceptors (Lipinski definition) is 4. The highest BCUT2D eigenvalue weighted by Crippen LogP contribution is 2.44. The van der Waals surface area contributed by atoms with Crippen LogP contribution in [-0.4, -0.2) is 51.4 Å². The Morgan fingerprint density at radius 1 is 1.14 bits per heavy atom. The van der Waals surface area contributed by atoms with Crippen LogP contribution in [0.2, 0.25) is 0 Å². The zero-order chi connectivity index (χ0) is 20.8. The van der Waals surface area contributed by atoms with E-state index in [2.05, 4.69) is 5.32 Å². The standard InChI is InChI=1S/C21H25N3O5/c1-20-11-8-17(26)24(20)15-7-3-2-6-14(15)19(29)23(20)13-16(25)22-21(12-18(27)28)9-4-5-10-21/h2-3,6-7H,4-5,8-13H2,1H3,(H,22,25)(H,27,28). The van der Waals surface area contributed by atoms with Crippen LogP contribution in [0.25, 0.3) is 0 Å². The monoisotopic (exact) mass is 399 g/mol. The second-order valence-corrected chi connectivity index (χ2v) is 8.46. The Hall–Kier alpha value is -2.90. The number of rotatable bonds is 5. The van der Waals surface area contributed by atoms with Gasteiger partial charge in [0.05, 0.1) is 23.2 Å². The van der Waals surface area contributed by atoms with E-state index >= 15 is 0 Å². The van der Waals surface area contributed by atoms with Gasteiger partial charge in [0.1, 0.15) is 12.2 Å². The van der Waals surface area contributed by atoms with Gasteiger partial charge in [-0.25, -0.2) is 0 Å². The lowest BCUT2D eigenvalue weighted by molar-refractivity contribution is -0.139. The molecule has 8 heteroatoms. The third kappa shape index (κ3) is 3.16. The zero-order valence-corrected chi connectivity index (χ0v) is 16.4. The van der Waals surface area contributed by atoms with Gasteiger partial charge < -0.3 is 15.3 Å². The Bertz CT molecular complexity index is 892. The summed E-state index contributed by atoms with van der Waals surface area (Å²) in [6, 6.07) is 6.94. The van der Waals surface area contributed by atoms with E-state index in [0.717, 1.165) is 12.8 Å². The lowest BCUT2D eigenvalue weighted by atomic mass is 9.93. The van der Waals surface area contributed by atoms with Crippen LogP contribution in [0.15, 0.2) is 24.3 Å². The van der Waals surface area contributed by atoms with E-state index < -0.39 is 17.2 Å². The van der Waals surface area contributed by atoms with Crippen LogP contribution < -0.4 is 10.2 Å². The quantitative estimate of drug-likeness (QED) is 0.786. The molecule has 1 unspecified atom stereocenters. The summed E-state index contributed by atoms with van der Waals surface area (Å²) in [5.74, 6) is -1.70. The molecule has 1 saturated heterocycles. The summed E-state index contributed by atoms with van der Waals surface area (Å²) in [5.41, 5.74) is -0.687. The second-order valence-electron chi connectivity index (χ2n) is 8.46. The topological polar surface area (TPSA) is 107 Å². The van der Waals surface area contributed by atoms with Gasteiger partial charge in [0.2, 0.25) is 11.8 Å². The molecular weight excluding hydrogens is 374 g/mol. The first-order valence-electron chi connectivity index (χ1n) is 10.0. The van der Waals surface area contributed by atoms with Crippen molar-refractivity contribution in [3.8, 4) is 0 Å². The first-order valence-corrected chi connectivity index (χ1v) is 10.0. The molecule has 0 radical (unpaired) electrons. The molecule has 2 N–H and O–H groups in total. The van der Waals surface area contributed by atoms with Gasteiger partial charge >= 0.3 is 5.97 Å². The zero-order valence-electron chi connectivity index (χ0n) is 16.4. The van der Waals surface area contributed by atoms with Crippen molar-refractivity contribution in [1.82, 2.24) is 10.2 Å². The molecule has 2 fully saturated rings. The number of amides is 3. The number of benzene rings is 1. The van der Waals surface area contributed by atoms with Crippen LogP contribution >= 0.6 is 0 Å². The molecule has 1 saturated carbocycles. The van der Waals surface area contributed by atoms with Crippen molar-refractivity contribution < 1.29 is 24.3 Å². The predicted molar refractivity (Wildman–Crippen MR) is 104 cm³/mol. The van der Waals surface area contributed by atoms with E-state index in [4.69, 9.17) is 0 Å². The van der Waals surface area contributed by atoms with E-state index in [-0.39, 0.29) is 30.7 Å². The minimum absolute atomic E-state index is 0.0731. The molecule has 0 spiro atoms. The summed E-state index contributed by atoms with van der Waals surface area (Å²) >= 11 is 0. The number of para-hydroxylation sites is 1. The van der Waals surface area contributed by atoms with E-state index in [9.17, 15) is 24.3 Å². The van der Waals surface area contributed by atoms with Crippen LogP contribution in [0, 0.1) is 0 Å². The first-order chi connectivity index (χ1) is 13.8. The average molecular weight is 399 g/mol. The number of hydrogen-bond donors (Lipinski definition) is 2. The molecule has 3 aliphatic rings.